The van der Waals surface area contributed by atoms with Crippen molar-refractivity contribution in [3.63, 3.8) is 0 Å². The second-order valence-electron chi connectivity index (χ2n) is 5.00. The van der Waals surface area contributed by atoms with Gasteiger partial charge in [-0.15, -0.1) is 11.3 Å². The Kier molecular flexibility index (Phi) is 5.24. The lowest BCUT2D eigenvalue weighted by atomic mass is 9.95. The lowest BCUT2D eigenvalue weighted by molar-refractivity contribution is -0.136. The van der Waals surface area contributed by atoms with Gasteiger partial charge in [0.15, 0.2) is 22.5 Å². The number of carbonyl (C=O) groups excluding carboxylic acids is 1. The van der Waals surface area contributed by atoms with Crippen LogP contribution in [0.4, 0.5) is 8.78 Å². The van der Waals surface area contributed by atoms with Gasteiger partial charge in [-0.1, -0.05) is 28.1 Å². The van der Waals surface area contributed by atoms with Gasteiger partial charge in [-0.25, -0.2) is 18.6 Å². The number of benzene rings is 1. The van der Waals surface area contributed by atoms with Crippen molar-refractivity contribution < 1.29 is 18.3 Å². The fraction of sp³-hybridized carbons (Fsp3) is 0.188. The molecule has 5 nitrogen and oxygen atoms in total. The first-order valence-electron chi connectivity index (χ1n) is 7.12. The molecule has 1 aromatic carbocycles. The highest BCUT2D eigenvalue weighted by atomic mass is 79.9. The van der Waals surface area contributed by atoms with E-state index in [2.05, 4.69) is 31.2 Å². The molecule has 130 valence electrons. The standard InChI is InChI=1S/C16H12BrF2N3O2S/c1-24-16(23)11-10(7-17)21-14(15-20-5-6-25-15)22-13(11)8-3-2-4-9(18)12(8)19/h2-6,13H,7H2,1H3,(H,21,22). The molecule has 1 aliphatic heterocycles. The predicted octanol–water partition coefficient (Wildman–Crippen LogP) is 3.33. The number of carbonyl (C=O) groups is 1. The normalized spacial score (nSPS) is 17.1. The zero-order valence-corrected chi connectivity index (χ0v) is 15.3. The topological polar surface area (TPSA) is 63.6 Å². The largest absolute Gasteiger partial charge is 0.466 e. The molecule has 0 saturated carbocycles. The number of thiazole rings is 1. The first-order valence-corrected chi connectivity index (χ1v) is 9.12. The summed E-state index contributed by atoms with van der Waals surface area (Å²) in [6.45, 7) is 0. The number of rotatable bonds is 4. The predicted molar refractivity (Wildman–Crippen MR) is 93.7 cm³/mol. The summed E-state index contributed by atoms with van der Waals surface area (Å²) in [5.74, 6) is -2.35. The van der Waals surface area contributed by atoms with Gasteiger partial charge in [0.25, 0.3) is 0 Å². The van der Waals surface area contributed by atoms with Crippen LogP contribution in [0.25, 0.3) is 0 Å². The number of hydrogen-bond acceptors (Lipinski definition) is 6. The Morgan fingerprint density at radius 3 is 2.88 bits per heavy atom. The number of esters is 1. The van der Waals surface area contributed by atoms with Gasteiger partial charge in [-0.05, 0) is 6.07 Å². The van der Waals surface area contributed by atoms with Gasteiger partial charge >= 0.3 is 5.97 Å². The fourth-order valence-electron chi connectivity index (χ4n) is 2.46. The molecule has 2 aromatic rings. The fourth-order valence-corrected chi connectivity index (χ4v) is 3.49. The summed E-state index contributed by atoms with van der Waals surface area (Å²) in [5, 5.41) is 5.63. The Morgan fingerprint density at radius 2 is 2.24 bits per heavy atom. The molecule has 1 aromatic heterocycles. The number of alkyl halides is 1. The summed E-state index contributed by atoms with van der Waals surface area (Å²) >= 11 is 4.64. The van der Waals surface area contributed by atoms with E-state index in [9.17, 15) is 13.6 Å². The van der Waals surface area contributed by atoms with Crippen molar-refractivity contribution in [3.8, 4) is 0 Å². The minimum Gasteiger partial charge on any atom is -0.466 e. The number of amidine groups is 1. The van der Waals surface area contributed by atoms with E-state index in [0.29, 0.717) is 16.5 Å². The van der Waals surface area contributed by atoms with Crippen LogP contribution in [-0.4, -0.2) is 29.2 Å². The van der Waals surface area contributed by atoms with Crippen LogP contribution < -0.4 is 5.32 Å². The molecular weight excluding hydrogens is 416 g/mol. The zero-order valence-electron chi connectivity index (χ0n) is 12.9. The summed E-state index contributed by atoms with van der Waals surface area (Å²) in [4.78, 5) is 20.9. The highest BCUT2D eigenvalue weighted by molar-refractivity contribution is 9.09. The number of aromatic nitrogens is 1. The number of ether oxygens (including phenoxy) is 1. The van der Waals surface area contributed by atoms with Crippen LogP contribution in [0.5, 0.6) is 0 Å². The van der Waals surface area contributed by atoms with Gasteiger partial charge in [0.05, 0.1) is 12.7 Å². The van der Waals surface area contributed by atoms with Crippen LogP contribution in [-0.2, 0) is 9.53 Å². The third-order valence-corrected chi connectivity index (χ3v) is 4.92. The third-order valence-electron chi connectivity index (χ3n) is 3.58. The summed E-state index contributed by atoms with van der Waals surface area (Å²) in [6, 6.07) is 2.73. The number of methoxy groups -OCH3 is 1. The van der Waals surface area contributed by atoms with Crippen LogP contribution in [0.1, 0.15) is 16.6 Å². The average Bonchev–Trinajstić information content (AvgIpc) is 3.17. The highest BCUT2D eigenvalue weighted by Crippen LogP contribution is 2.34. The molecule has 0 bridgehead atoms. The molecule has 9 heteroatoms. The van der Waals surface area contributed by atoms with Gasteiger partial charge in [-0.2, -0.15) is 0 Å². The van der Waals surface area contributed by atoms with Gasteiger partial charge in [0, 0.05) is 28.2 Å². The van der Waals surface area contributed by atoms with E-state index in [0.717, 1.165) is 6.07 Å². The van der Waals surface area contributed by atoms with E-state index in [1.807, 2.05) is 0 Å². The Labute approximate surface area is 154 Å². The third kappa shape index (κ3) is 3.34. The SMILES string of the molecule is COC(=O)C1=C(CBr)NC(c2nccs2)=NC1c1cccc(F)c1F. The zero-order chi connectivity index (χ0) is 18.0. The maximum absolute atomic E-state index is 14.4. The van der Waals surface area contributed by atoms with Crippen LogP contribution in [0.3, 0.4) is 0 Å². The number of nitrogens with one attached hydrogen (secondary N) is 1. The Hall–Kier alpha value is -2.13. The monoisotopic (exact) mass is 427 g/mol. The first-order chi connectivity index (χ1) is 12.1. The molecule has 0 fully saturated rings. The number of allylic oxidation sites excluding steroid dienone is 1. The van der Waals surface area contributed by atoms with Gasteiger partial charge in [-0.3, -0.25) is 4.99 Å². The second-order valence-corrected chi connectivity index (χ2v) is 6.46. The minimum atomic E-state index is -1.05. The van der Waals surface area contributed by atoms with Crippen LogP contribution in [0.2, 0.25) is 0 Å². The Balaban J connectivity index is 2.19. The molecule has 1 N–H and O–H groups in total. The molecule has 3 rings (SSSR count). The van der Waals surface area contributed by atoms with Crippen molar-refractivity contribution in [1.82, 2.24) is 10.3 Å². The van der Waals surface area contributed by atoms with Crippen LogP contribution in [0.15, 0.2) is 46.0 Å². The van der Waals surface area contributed by atoms with E-state index in [-0.39, 0.29) is 16.5 Å². The van der Waals surface area contributed by atoms with Crippen molar-refractivity contribution in [1.29, 1.82) is 0 Å². The first kappa shape index (κ1) is 17.7. The quantitative estimate of drug-likeness (QED) is 0.600. The van der Waals surface area contributed by atoms with Gasteiger partial charge in [0.2, 0.25) is 0 Å². The molecule has 25 heavy (non-hydrogen) atoms. The number of hydrogen-bond donors (Lipinski definition) is 1. The molecular formula is C16H12BrF2N3O2S. The molecule has 0 spiro atoms. The number of aliphatic imine (C=N–C) groups is 1. The minimum absolute atomic E-state index is 0.0468. The smallest absolute Gasteiger partial charge is 0.338 e. The Morgan fingerprint density at radius 1 is 1.44 bits per heavy atom. The maximum Gasteiger partial charge on any atom is 0.338 e. The summed E-state index contributed by atoms with van der Waals surface area (Å²) < 4.78 is 32.9. The molecule has 1 atom stereocenters. The summed E-state index contributed by atoms with van der Waals surface area (Å²) in [7, 11) is 1.22. The van der Waals surface area contributed by atoms with Gasteiger partial charge in [0.1, 0.15) is 6.04 Å². The molecule has 0 aliphatic carbocycles. The lowest BCUT2D eigenvalue weighted by Crippen LogP contribution is -2.34. The van der Waals surface area contributed by atoms with E-state index < -0.39 is 23.6 Å². The maximum atomic E-state index is 14.4. The lowest BCUT2D eigenvalue weighted by Gasteiger charge is -2.26. The van der Waals surface area contributed by atoms with E-state index in [1.54, 1.807) is 11.6 Å². The molecule has 1 unspecified atom stereocenters. The van der Waals surface area contributed by atoms with E-state index >= 15 is 0 Å². The average molecular weight is 428 g/mol. The van der Waals surface area contributed by atoms with E-state index in [4.69, 9.17) is 4.74 Å². The second kappa shape index (κ2) is 7.40. The highest BCUT2D eigenvalue weighted by Gasteiger charge is 2.34. The molecule has 2 heterocycles. The number of nitrogens with zero attached hydrogens (tertiary/aromatic N) is 2. The Bertz CT molecular complexity index is 868. The van der Waals surface area contributed by atoms with Gasteiger partial charge < -0.3 is 10.1 Å². The van der Waals surface area contributed by atoms with Crippen molar-refractivity contribution in [2.24, 2.45) is 4.99 Å². The van der Waals surface area contributed by atoms with Crippen molar-refractivity contribution in [2.75, 3.05) is 12.4 Å². The van der Waals surface area contributed by atoms with E-state index in [1.165, 1.54) is 30.6 Å². The molecule has 1 aliphatic rings. The summed E-state index contributed by atoms with van der Waals surface area (Å²) in [5.41, 5.74) is 0.527. The van der Waals surface area contributed by atoms with Crippen LogP contribution in [0, 0.1) is 11.6 Å². The van der Waals surface area contributed by atoms with Crippen molar-refractivity contribution in [3.05, 3.63) is 63.3 Å². The molecule has 0 radical (unpaired) electrons. The number of halogens is 3. The van der Waals surface area contributed by atoms with Crippen molar-refractivity contribution in [2.45, 2.75) is 6.04 Å². The molecule has 0 saturated heterocycles. The summed E-state index contributed by atoms with van der Waals surface area (Å²) in [6.07, 6.45) is 1.61. The van der Waals surface area contributed by atoms with Crippen LogP contribution >= 0.6 is 27.3 Å². The molecule has 0 amide bonds. The van der Waals surface area contributed by atoms with Crippen molar-refractivity contribution >= 4 is 39.1 Å².